The Kier molecular flexibility index (Phi) is 5.63. The van der Waals surface area contributed by atoms with E-state index in [1.165, 1.54) is 25.5 Å². The van der Waals surface area contributed by atoms with Crippen molar-refractivity contribution >= 4 is 27.5 Å². The van der Waals surface area contributed by atoms with Crippen molar-refractivity contribution in [2.24, 2.45) is 5.92 Å². The number of carbonyl (C=O) groups excluding carboxylic acids is 1. The fourth-order valence-electron chi connectivity index (χ4n) is 5.63. The summed E-state index contributed by atoms with van der Waals surface area (Å²) >= 11 is 1.56. The number of thiophene rings is 1. The minimum Gasteiger partial charge on any atom is -0.468 e. The minimum absolute atomic E-state index is 0.112. The van der Waals surface area contributed by atoms with E-state index < -0.39 is 0 Å². The van der Waals surface area contributed by atoms with Gasteiger partial charge in [0, 0.05) is 16.5 Å². The second-order valence-electron chi connectivity index (χ2n) is 9.15. The van der Waals surface area contributed by atoms with Crippen molar-refractivity contribution < 1.29 is 9.53 Å². The summed E-state index contributed by atoms with van der Waals surface area (Å²) in [5, 5.41) is 0.654. The molecule has 6 nitrogen and oxygen atoms in total. The molecule has 1 aliphatic carbocycles. The number of fused-ring (bicyclic) bond motifs is 2. The lowest BCUT2D eigenvalue weighted by Gasteiger charge is -2.32. The van der Waals surface area contributed by atoms with Crippen LogP contribution < -0.4 is 5.56 Å². The standard InChI is InChI=1S/C25H29N3O3S/c1-14-8-10-16(11-9-14)21-15(2)32-24-22(21)23(29)26-20(27-24)13-28-18-7-5-4-6-17(18)12-19(28)25(30)31-3/h8-11,17-19H,4-7,12-13H2,1-3H3,(H,26,27,29). The molecular formula is C25H29N3O3S. The van der Waals surface area contributed by atoms with Gasteiger partial charge in [-0.1, -0.05) is 42.7 Å². The molecule has 32 heavy (non-hydrogen) atoms. The van der Waals surface area contributed by atoms with Crippen molar-refractivity contribution in [3.8, 4) is 11.1 Å². The van der Waals surface area contributed by atoms with Crippen LogP contribution in [0.1, 0.15) is 48.4 Å². The molecule has 1 N–H and O–H groups in total. The van der Waals surface area contributed by atoms with Gasteiger partial charge in [0.25, 0.3) is 5.56 Å². The number of ether oxygens (including phenoxy) is 1. The Morgan fingerprint density at radius 1 is 1.22 bits per heavy atom. The Balaban J connectivity index is 1.52. The van der Waals surface area contributed by atoms with E-state index in [2.05, 4.69) is 41.1 Å². The molecule has 1 aliphatic heterocycles. The van der Waals surface area contributed by atoms with Crippen molar-refractivity contribution in [2.75, 3.05) is 7.11 Å². The summed E-state index contributed by atoms with van der Waals surface area (Å²) < 4.78 is 5.11. The van der Waals surface area contributed by atoms with Gasteiger partial charge in [-0.15, -0.1) is 11.3 Å². The van der Waals surface area contributed by atoms with Crippen LogP contribution in [0.25, 0.3) is 21.3 Å². The van der Waals surface area contributed by atoms with Crippen molar-refractivity contribution in [2.45, 2.75) is 64.6 Å². The lowest BCUT2D eigenvalue weighted by Crippen LogP contribution is -2.42. The quantitative estimate of drug-likeness (QED) is 0.588. The second-order valence-corrected chi connectivity index (χ2v) is 10.4. The van der Waals surface area contributed by atoms with E-state index >= 15 is 0 Å². The third-order valence-corrected chi connectivity index (χ3v) is 8.15. The third kappa shape index (κ3) is 3.67. The predicted molar refractivity (Wildman–Crippen MR) is 127 cm³/mol. The molecule has 168 valence electrons. The molecule has 3 unspecified atom stereocenters. The van der Waals surface area contributed by atoms with Crippen LogP contribution in [-0.2, 0) is 16.1 Å². The van der Waals surface area contributed by atoms with Gasteiger partial charge < -0.3 is 9.72 Å². The molecule has 2 aromatic heterocycles. The topological polar surface area (TPSA) is 75.3 Å². The number of nitrogens with zero attached hydrogens (tertiary/aromatic N) is 2. The van der Waals surface area contributed by atoms with Crippen molar-refractivity contribution in [3.63, 3.8) is 0 Å². The van der Waals surface area contributed by atoms with Crippen LogP contribution in [0.5, 0.6) is 0 Å². The third-order valence-electron chi connectivity index (χ3n) is 7.15. The summed E-state index contributed by atoms with van der Waals surface area (Å²) in [5.41, 5.74) is 3.08. The molecule has 0 radical (unpaired) electrons. The summed E-state index contributed by atoms with van der Waals surface area (Å²) in [4.78, 5) is 37.7. The van der Waals surface area contributed by atoms with Gasteiger partial charge in [-0.2, -0.15) is 0 Å². The zero-order valence-electron chi connectivity index (χ0n) is 18.8. The number of benzene rings is 1. The van der Waals surface area contributed by atoms with E-state index in [4.69, 9.17) is 9.72 Å². The van der Waals surface area contributed by atoms with Crippen LogP contribution in [0, 0.1) is 19.8 Å². The Morgan fingerprint density at radius 2 is 1.97 bits per heavy atom. The highest BCUT2D eigenvalue weighted by Gasteiger charge is 2.45. The highest BCUT2D eigenvalue weighted by molar-refractivity contribution is 7.19. The number of likely N-dealkylation sites (tertiary alicyclic amines) is 1. The molecule has 3 aromatic rings. The average Bonchev–Trinajstić information content (AvgIpc) is 3.31. The van der Waals surface area contributed by atoms with Gasteiger partial charge in [-0.25, -0.2) is 4.98 Å². The first-order valence-corrected chi connectivity index (χ1v) is 12.2. The summed E-state index contributed by atoms with van der Waals surface area (Å²) in [6.07, 6.45) is 5.47. The number of H-pyrrole nitrogens is 1. The smallest absolute Gasteiger partial charge is 0.323 e. The lowest BCUT2D eigenvalue weighted by atomic mass is 9.85. The first kappa shape index (κ1) is 21.3. The molecule has 1 saturated heterocycles. The lowest BCUT2D eigenvalue weighted by molar-refractivity contribution is -0.146. The second kappa shape index (κ2) is 8.45. The van der Waals surface area contributed by atoms with Crippen LogP contribution in [-0.4, -0.2) is 40.0 Å². The SMILES string of the molecule is COC(=O)C1CC2CCCCC2N1Cc1nc2sc(C)c(-c3ccc(C)cc3)c2c(=O)[nH]1. The maximum absolute atomic E-state index is 13.2. The minimum atomic E-state index is -0.262. The molecule has 3 atom stereocenters. The van der Waals surface area contributed by atoms with E-state index in [1.807, 2.05) is 6.92 Å². The number of methoxy groups -OCH3 is 1. The van der Waals surface area contributed by atoms with E-state index in [1.54, 1.807) is 11.3 Å². The fourth-order valence-corrected chi connectivity index (χ4v) is 6.69. The summed E-state index contributed by atoms with van der Waals surface area (Å²) in [6.45, 7) is 4.56. The number of hydrogen-bond donors (Lipinski definition) is 1. The summed E-state index contributed by atoms with van der Waals surface area (Å²) in [6, 6.07) is 8.34. The number of nitrogens with one attached hydrogen (secondary N) is 1. The number of aromatic nitrogens is 2. The fraction of sp³-hybridized carbons (Fsp3) is 0.480. The molecule has 2 fully saturated rings. The molecule has 1 saturated carbocycles. The Labute approximate surface area is 191 Å². The number of aromatic amines is 1. The zero-order valence-corrected chi connectivity index (χ0v) is 19.6. The summed E-state index contributed by atoms with van der Waals surface area (Å²) in [5.74, 6) is 0.955. The van der Waals surface area contributed by atoms with Gasteiger partial charge in [-0.3, -0.25) is 14.5 Å². The maximum Gasteiger partial charge on any atom is 0.323 e. The first-order chi connectivity index (χ1) is 15.5. The Morgan fingerprint density at radius 3 is 2.72 bits per heavy atom. The van der Waals surface area contributed by atoms with Gasteiger partial charge in [0.15, 0.2) is 0 Å². The normalized spacial score (nSPS) is 23.4. The molecule has 0 spiro atoms. The average molecular weight is 452 g/mol. The van der Waals surface area contributed by atoms with Gasteiger partial charge in [0.2, 0.25) is 0 Å². The van der Waals surface area contributed by atoms with Crippen LogP contribution in [0.15, 0.2) is 29.1 Å². The number of rotatable bonds is 4. The van der Waals surface area contributed by atoms with Crippen LogP contribution in [0.2, 0.25) is 0 Å². The number of carbonyl (C=O) groups is 1. The monoisotopic (exact) mass is 451 g/mol. The Hall–Kier alpha value is -2.51. The highest BCUT2D eigenvalue weighted by atomic mass is 32.1. The first-order valence-electron chi connectivity index (χ1n) is 11.4. The largest absolute Gasteiger partial charge is 0.468 e. The van der Waals surface area contributed by atoms with Crippen LogP contribution in [0.4, 0.5) is 0 Å². The molecular weight excluding hydrogens is 422 g/mol. The van der Waals surface area contributed by atoms with Crippen molar-refractivity contribution in [1.82, 2.24) is 14.9 Å². The Bertz CT molecular complexity index is 1210. The zero-order chi connectivity index (χ0) is 22.4. The van der Waals surface area contributed by atoms with E-state index in [9.17, 15) is 9.59 Å². The van der Waals surface area contributed by atoms with E-state index in [-0.39, 0.29) is 17.6 Å². The number of aryl methyl sites for hydroxylation is 2. The molecule has 3 heterocycles. The highest BCUT2D eigenvalue weighted by Crippen LogP contribution is 2.41. The molecule has 7 heteroatoms. The number of hydrogen-bond acceptors (Lipinski definition) is 6. The van der Waals surface area contributed by atoms with Gasteiger partial charge in [-0.05, 0) is 44.6 Å². The molecule has 0 amide bonds. The van der Waals surface area contributed by atoms with Crippen LogP contribution in [0.3, 0.4) is 0 Å². The molecule has 2 aliphatic rings. The van der Waals surface area contributed by atoms with E-state index in [0.717, 1.165) is 40.1 Å². The predicted octanol–water partition coefficient (Wildman–Crippen LogP) is 4.57. The number of esters is 1. The summed E-state index contributed by atoms with van der Waals surface area (Å²) in [7, 11) is 1.45. The molecule has 1 aromatic carbocycles. The molecule has 5 rings (SSSR count). The van der Waals surface area contributed by atoms with Gasteiger partial charge in [0.1, 0.15) is 16.7 Å². The van der Waals surface area contributed by atoms with Crippen molar-refractivity contribution in [3.05, 3.63) is 50.9 Å². The van der Waals surface area contributed by atoms with Gasteiger partial charge in [0.05, 0.1) is 19.0 Å². The van der Waals surface area contributed by atoms with E-state index in [0.29, 0.717) is 29.7 Å². The molecule has 0 bridgehead atoms. The van der Waals surface area contributed by atoms with Crippen LogP contribution >= 0.6 is 11.3 Å². The maximum atomic E-state index is 13.2. The van der Waals surface area contributed by atoms with Gasteiger partial charge >= 0.3 is 5.97 Å². The van der Waals surface area contributed by atoms with Crippen molar-refractivity contribution in [1.29, 1.82) is 0 Å².